The molecular formula is C13H16ClN5OS. The maximum atomic E-state index is 6.06. The number of nitrogens with zero attached hydrogens (tertiary/aromatic N) is 4. The second-order valence-corrected chi connectivity index (χ2v) is 6.09. The summed E-state index contributed by atoms with van der Waals surface area (Å²) in [6.45, 7) is 4.35. The lowest BCUT2D eigenvalue weighted by molar-refractivity contribution is 0.0985. The number of imidazole rings is 1. The third-order valence-electron chi connectivity index (χ3n) is 3.23. The van der Waals surface area contributed by atoms with Gasteiger partial charge in [-0.05, 0) is 18.5 Å². The van der Waals surface area contributed by atoms with Gasteiger partial charge < -0.3 is 14.6 Å². The van der Waals surface area contributed by atoms with Crippen LogP contribution in [0.1, 0.15) is 12.6 Å². The summed E-state index contributed by atoms with van der Waals surface area (Å²) < 4.78 is 5.46. The van der Waals surface area contributed by atoms with E-state index in [4.69, 9.17) is 16.3 Å². The molecule has 2 aromatic rings. The van der Waals surface area contributed by atoms with Gasteiger partial charge in [-0.15, -0.1) is 0 Å². The van der Waals surface area contributed by atoms with Gasteiger partial charge in [0, 0.05) is 30.8 Å². The Morgan fingerprint density at radius 2 is 2.43 bits per heavy atom. The molecule has 8 heteroatoms. The van der Waals surface area contributed by atoms with Crippen molar-refractivity contribution in [2.45, 2.75) is 23.9 Å². The normalized spacial score (nSPS) is 19.0. The van der Waals surface area contributed by atoms with Crippen molar-refractivity contribution in [3.05, 3.63) is 29.4 Å². The molecule has 0 bridgehead atoms. The monoisotopic (exact) mass is 325 g/mol. The number of aromatic nitrogens is 4. The Morgan fingerprint density at radius 3 is 3.19 bits per heavy atom. The second-order valence-electron chi connectivity index (χ2n) is 4.79. The van der Waals surface area contributed by atoms with Crippen molar-refractivity contribution in [2.75, 3.05) is 24.7 Å². The first kappa shape index (κ1) is 14.6. The van der Waals surface area contributed by atoms with Gasteiger partial charge >= 0.3 is 0 Å². The van der Waals surface area contributed by atoms with Crippen LogP contribution in [0.5, 0.6) is 0 Å². The van der Waals surface area contributed by atoms with Crippen molar-refractivity contribution in [2.24, 2.45) is 0 Å². The summed E-state index contributed by atoms with van der Waals surface area (Å²) in [5.74, 6) is 1.56. The molecule has 112 valence electrons. The van der Waals surface area contributed by atoms with E-state index in [1.165, 1.54) is 0 Å². The fourth-order valence-electron chi connectivity index (χ4n) is 2.21. The van der Waals surface area contributed by atoms with Crippen LogP contribution < -0.4 is 4.90 Å². The van der Waals surface area contributed by atoms with E-state index in [2.05, 4.69) is 31.8 Å². The van der Waals surface area contributed by atoms with E-state index < -0.39 is 0 Å². The number of hydrogen-bond donors (Lipinski definition) is 1. The molecule has 1 saturated heterocycles. The Morgan fingerprint density at radius 1 is 1.52 bits per heavy atom. The Labute approximate surface area is 132 Å². The van der Waals surface area contributed by atoms with Gasteiger partial charge in [-0.2, -0.15) is 0 Å². The minimum atomic E-state index is 0.279. The van der Waals surface area contributed by atoms with E-state index in [1.807, 2.05) is 6.07 Å². The molecule has 1 atom stereocenters. The largest absolute Gasteiger partial charge is 0.377 e. The van der Waals surface area contributed by atoms with Crippen molar-refractivity contribution >= 4 is 29.2 Å². The van der Waals surface area contributed by atoms with Gasteiger partial charge in [-0.25, -0.2) is 15.0 Å². The third-order valence-corrected chi connectivity index (χ3v) is 4.34. The Hall–Kier alpha value is -1.31. The molecule has 0 amide bonds. The van der Waals surface area contributed by atoms with Crippen LogP contribution in [0.15, 0.2) is 23.6 Å². The molecule has 6 nitrogen and oxygen atoms in total. The molecule has 0 aliphatic carbocycles. The highest BCUT2D eigenvalue weighted by Crippen LogP contribution is 2.23. The van der Waals surface area contributed by atoms with E-state index in [9.17, 15) is 0 Å². The number of nitrogens with one attached hydrogen (secondary N) is 1. The summed E-state index contributed by atoms with van der Waals surface area (Å²) in [6, 6.07) is 2.28. The van der Waals surface area contributed by atoms with Crippen LogP contribution in [0, 0.1) is 0 Å². The van der Waals surface area contributed by atoms with Gasteiger partial charge in [0.25, 0.3) is 0 Å². The number of H-pyrrole nitrogens is 1. The predicted molar refractivity (Wildman–Crippen MR) is 82.8 cm³/mol. The smallest absolute Gasteiger partial charge is 0.224 e. The molecule has 1 fully saturated rings. The highest BCUT2D eigenvalue weighted by atomic mass is 35.5. The highest BCUT2D eigenvalue weighted by molar-refractivity contribution is 7.98. The number of rotatable bonds is 4. The number of hydrogen-bond acceptors (Lipinski definition) is 6. The quantitative estimate of drug-likeness (QED) is 0.687. The number of ether oxygens (including phenoxy) is 1. The number of morpholine rings is 1. The van der Waals surface area contributed by atoms with E-state index in [0.29, 0.717) is 19.0 Å². The molecule has 0 spiro atoms. The molecule has 0 unspecified atom stereocenters. The lowest BCUT2D eigenvalue weighted by atomic mass is 10.2. The Balaban J connectivity index is 1.75. The van der Waals surface area contributed by atoms with Gasteiger partial charge in [0.05, 0.1) is 24.9 Å². The van der Waals surface area contributed by atoms with Gasteiger partial charge in [-0.3, -0.25) is 0 Å². The van der Waals surface area contributed by atoms with Gasteiger partial charge in [-0.1, -0.05) is 11.8 Å². The highest BCUT2D eigenvalue weighted by Gasteiger charge is 2.21. The summed E-state index contributed by atoms with van der Waals surface area (Å²) >= 11 is 7.65. The van der Waals surface area contributed by atoms with Crippen LogP contribution in [0.25, 0.3) is 0 Å². The maximum absolute atomic E-state index is 6.06. The molecule has 21 heavy (non-hydrogen) atoms. The fraction of sp³-hybridized carbons (Fsp3) is 0.462. The molecular weight excluding hydrogens is 310 g/mol. The second kappa shape index (κ2) is 6.64. The van der Waals surface area contributed by atoms with E-state index in [1.54, 1.807) is 24.2 Å². The van der Waals surface area contributed by atoms with Gasteiger partial charge in [0.1, 0.15) is 5.82 Å². The van der Waals surface area contributed by atoms with E-state index >= 15 is 0 Å². The zero-order valence-corrected chi connectivity index (χ0v) is 13.2. The predicted octanol–water partition coefficient (Wildman–Crippen LogP) is 2.37. The first-order valence-corrected chi connectivity index (χ1v) is 8.09. The number of halogens is 1. The van der Waals surface area contributed by atoms with Crippen molar-refractivity contribution in [3.8, 4) is 0 Å². The zero-order valence-electron chi connectivity index (χ0n) is 11.6. The SMILES string of the molecule is C[C@H]1COCCN1c1cc(CSc2ncc[nH]2)nc(Cl)n1. The number of anilines is 1. The van der Waals surface area contributed by atoms with Gasteiger partial charge in [0.2, 0.25) is 5.28 Å². The molecule has 0 radical (unpaired) electrons. The lowest BCUT2D eigenvalue weighted by Gasteiger charge is -2.34. The molecule has 3 rings (SSSR count). The van der Waals surface area contributed by atoms with E-state index in [-0.39, 0.29) is 11.3 Å². The van der Waals surface area contributed by atoms with Crippen molar-refractivity contribution < 1.29 is 4.74 Å². The zero-order chi connectivity index (χ0) is 14.7. The van der Waals surface area contributed by atoms with Crippen LogP contribution in [-0.2, 0) is 10.5 Å². The molecule has 1 N–H and O–H groups in total. The van der Waals surface area contributed by atoms with Crippen molar-refractivity contribution in [3.63, 3.8) is 0 Å². The van der Waals surface area contributed by atoms with Crippen LogP contribution >= 0.6 is 23.4 Å². The summed E-state index contributed by atoms with van der Waals surface area (Å²) in [4.78, 5) is 18.1. The average molecular weight is 326 g/mol. The van der Waals surface area contributed by atoms with Crippen molar-refractivity contribution in [1.29, 1.82) is 0 Å². The standard InChI is InChI=1S/C13H16ClN5OS/c1-9-7-20-5-4-19(9)11-6-10(17-12(14)18-11)8-21-13-15-2-3-16-13/h2-3,6,9H,4-5,7-8H2,1H3,(H,15,16)/t9-/m0/s1. The van der Waals surface area contributed by atoms with Crippen LogP contribution in [0.3, 0.4) is 0 Å². The topological polar surface area (TPSA) is 66.9 Å². The molecule has 0 saturated carbocycles. The minimum Gasteiger partial charge on any atom is -0.377 e. The summed E-state index contributed by atoms with van der Waals surface area (Å²) in [5, 5.41) is 1.15. The Bertz CT molecular complexity index is 594. The molecule has 0 aromatic carbocycles. The minimum absolute atomic E-state index is 0.279. The first-order valence-electron chi connectivity index (χ1n) is 6.72. The van der Waals surface area contributed by atoms with Crippen molar-refractivity contribution in [1.82, 2.24) is 19.9 Å². The third kappa shape index (κ3) is 3.66. The van der Waals surface area contributed by atoms with Gasteiger partial charge in [0.15, 0.2) is 5.16 Å². The molecule has 1 aliphatic heterocycles. The summed E-state index contributed by atoms with van der Waals surface area (Å²) in [5.41, 5.74) is 0.894. The van der Waals surface area contributed by atoms with Crippen LogP contribution in [0.2, 0.25) is 5.28 Å². The maximum Gasteiger partial charge on any atom is 0.224 e. The molecule has 2 aromatic heterocycles. The van der Waals surface area contributed by atoms with Crippen LogP contribution in [0.4, 0.5) is 5.82 Å². The Kier molecular flexibility index (Phi) is 4.62. The average Bonchev–Trinajstić information content (AvgIpc) is 2.98. The summed E-state index contributed by atoms with van der Waals surface area (Å²) in [7, 11) is 0. The van der Waals surface area contributed by atoms with Crippen LogP contribution in [-0.4, -0.2) is 45.7 Å². The summed E-state index contributed by atoms with van der Waals surface area (Å²) in [6.07, 6.45) is 3.53. The number of aromatic amines is 1. The van der Waals surface area contributed by atoms with E-state index in [0.717, 1.165) is 23.2 Å². The first-order chi connectivity index (χ1) is 10.2. The molecule has 3 heterocycles. The molecule has 1 aliphatic rings. The number of thioether (sulfide) groups is 1. The lowest BCUT2D eigenvalue weighted by Crippen LogP contribution is -2.44. The fourth-order valence-corrected chi connectivity index (χ4v) is 3.13.